The van der Waals surface area contributed by atoms with E-state index in [1.54, 1.807) is 31.3 Å². The van der Waals surface area contributed by atoms with Gasteiger partial charge in [0.1, 0.15) is 5.82 Å². The number of likely N-dealkylation sites (N-methyl/N-ethyl adjacent to an activating group) is 1. The Morgan fingerprint density at radius 2 is 1.74 bits per heavy atom. The molecule has 0 heterocycles. The number of hydrogen-bond donors (Lipinski definition) is 0. The monoisotopic (exact) mass is 371 g/mol. The first-order valence-electron chi connectivity index (χ1n) is 9.22. The van der Waals surface area contributed by atoms with Gasteiger partial charge in [-0.3, -0.25) is 4.79 Å². The number of rotatable bonds is 7. The lowest BCUT2D eigenvalue weighted by atomic mass is 9.63. The molecule has 1 saturated carbocycles. The van der Waals surface area contributed by atoms with Crippen molar-refractivity contribution in [3.05, 3.63) is 59.4 Å². The van der Waals surface area contributed by atoms with Gasteiger partial charge in [0, 0.05) is 13.6 Å². The van der Waals surface area contributed by atoms with Crippen LogP contribution in [0.25, 0.3) is 0 Å². The Hall–Kier alpha value is -2.56. The van der Waals surface area contributed by atoms with Crippen LogP contribution in [-0.2, 0) is 16.6 Å². The van der Waals surface area contributed by atoms with Crippen molar-refractivity contribution in [3.63, 3.8) is 0 Å². The smallest absolute Gasteiger partial charge is 0.232 e. The molecule has 27 heavy (non-hydrogen) atoms. The number of carbonyl (C=O) groups excluding carboxylic acids is 1. The van der Waals surface area contributed by atoms with E-state index in [2.05, 4.69) is 0 Å². The van der Waals surface area contributed by atoms with Crippen molar-refractivity contribution in [2.45, 2.75) is 31.1 Å². The largest absolute Gasteiger partial charge is 0.493 e. The number of ether oxygens (including phenoxy) is 2. The summed E-state index contributed by atoms with van der Waals surface area (Å²) in [6.07, 6.45) is 3.38. The van der Waals surface area contributed by atoms with Crippen LogP contribution in [0.5, 0.6) is 11.5 Å². The summed E-state index contributed by atoms with van der Waals surface area (Å²) in [7, 11) is 5.06. The fraction of sp³-hybridized carbons (Fsp3) is 0.409. The summed E-state index contributed by atoms with van der Waals surface area (Å²) in [5.74, 6) is 1.21. The van der Waals surface area contributed by atoms with Gasteiger partial charge in [-0.25, -0.2) is 4.39 Å². The van der Waals surface area contributed by atoms with Crippen LogP contribution in [0.4, 0.5) is 4.39 Å². The maximum Gasteiger partial charge on any atom is 0.232 e. The summed E-state index contributed by atoms with van der Waals surface area (Å²) < 4.78 is 23.9. The van der Waals surface area contributed by atoms with Crippen LogP contribution in [0.15, 0.2) is 42.5 Å². The summed E-state index contributed by atoms with van der Waals surface area (Å²) in [6, 6.07) is 12.2. The second-order valence-corrected chi connectivity index (χ2v) is 7.11. The normalized spacial score (nSPS) is 15.0. The number of hydrogen-bond acceptors (Lipinski definition) is 3. The minimum Gasteiger partial charge on any atom is -0.493 e. The molecule has 1 aliphatic carbocycles. The number of methoxy groups -OCH3 is 2. The lowest BCUT2D eigenvalue weighted by Gasteiger charge is -2.43. The third-order valence-corrected chi connectivity index (χ3v) is 5.54. The van der Waals surface area contributed by atoms with Crippen molar-refractivity contribution in [1.29, 1.82) is 0 Å². The molecule has 0 saturated heterocycles. The van der Waals surface area contributed by atoms with Crippen LogP contribution in [0, 0.1) is 5.82 Å². The van der Waals surface area contributed by atoms with Crippen LogP contribution in [0.3, 0.4) is 0 Å². The average molecular weight is 371 g/mol. The fourth-order valence-corrected chi connectivity index (χ4v) is 3.73. The maximum absolute atomic E-state index is 13.3. The molecule has 0 N–H and O–H groups in total. The predicted octanol–water partition coefficient (Wildman–Crippen LogP) is 3.97. The molecule has 2 aromatic rings. The van der Waals surface area contributed by atoms with E-state index >= 15 is 0 Å². The highest BCUT2D eigenvalue weighted by atomic mass is 19.1. The molecule has 5 heteroatoms. The van der Waals surface area contributed by atoms with Crippen LogP contribution < -0.4 is 9.47 Å². The summed E-state index contributed by atoms with van der Waals surface area (Å²) in [6.45, 7) is 0.608. The first-order valence-corrected chi connectivity index (χ1v) is 9.22. The molecule has 144 valence electrons. The molecule has 1 aliphatic rings. The first-order chi connectivity index (χ1) is 13.0. The van der Waals surface area contributed by atoms with Crippen LogP contribution in [0.1, 0.15) is 30.4 Å². The zero-order chi connectivity index (χ0) is 19.4. The van der Waals surface area contributed by atoms with E-state index in [1.165, 1.54) is 12.1 Å². The van der Waals surface area contributed by atoms with Gasteiger partial charge in [0.25, 0.3) is 0 Å². The molecule has 0 atom stereocenters. The number of benzene rings is 2. The zero-order valence-corrected chi connectivity index (χ0v) is 16.1. The van der Waals surface area contributed by atoms with Crippen LogP contribution in [-0.4, -0.2) is 38.6 Å². The van der Waals surface area contributed by atoms with E-state index in [-0.39, 0.29) is 11.7 Å². The molecule has 2 aromatic carbocycles. The minimum absolute atomic E-state index is 0.112. The molecule has 0 spiro atoms. The zero-order valence-electron chi connectivity index (χ0n) is 16.1. The number of halogens is 1. The molecule has 3 rings (SSSR count). The van der Waals surface area contributed by atoms with Crippen molar-refractivity contribution >= 4 is 5.91 Å². The quantitative estimate of drug-likeness (QED) is 0.739. The molecule has 0 unspecified atom stereocenters. The summed E-state index contributed by atoms with van der Waals surface area (Å²) in [5.41, 5.74) is 1.50. The topological polar surface area (TPSA) is 38.8 Å². The Morgan fingerprint density at radius 3 is 2.30 bits per heavy atom. The lowest BCUT2D eigenvalue weighted by Crippen LogP contribution is -2.50. The molecule has 4 nitrogen and oxygen atoms in total. The Kier molecular flexibility index (Phi) is 5.68. The average Bonchev–Trinajstić information content (AvgIpc) is 2.66. The van der Waals surface area contributed by atoms with E-state index in [4.69, 9.17) is 9.47 Å². The van der Waals surface area contributed by atoms with Gasteiger partial charge < -0.3 is 14.4 Å². The molecule has 1 amide bonds. The Morgan fingerprint density at radius 1 is 1.07 bits per heavy atom. The molecule has 0 aliphatic heterocycles. The third kappa shape index (κ3) is 3.77. The molecule has 0 bridgehead atoms. The van der Waals surface area contributed by atoms with Gasteiger partial charge >= 0.3 is 0 Å². The minimum atomic E-state index is -0.500. The Labute approximate surface area is 159 Å². The first kappa shape index (κ1) is 19.2. The van der Waals surface area contributed by atoms with Crippen LogP contribution >= 0.6 is 0 Å². The van der Waals surface area contributed by atoms with Gasteiger partial charge in [0.15, 0.2) is 11.5 Å². The van der Waals surface area contributed by atoms with Crippen molar-refractivity contribution in [1.82, 2.24) is 4.90 Å². The van der Waals surface area contributed by atoms with Crippen LogP contribution in [0.2, 0.25) is 0 Å². The van der Waals surface area contributed by atoms with Crippen molar-refractivity contribution in [2.75, 3.05) is 27.8 Å². The van der Waals surface area contributed by atoms with Gasteiger partial charge in [0.05, 0.1) is 19.6 Å². The van der Waals surface area contributed by atoms with E-state index in [0.29, 0.717) is 18.0 Å². The fourth-order valence-electron chi connectivity index (χ4n) is 3.73. The standard InChI is InChI=1S/C22H26FNO3/c1-24(14-11-16-5-10-19(26-2)20(15-16)27-3)21(25)22(12-4-13-22)17-6-8-18(23)9-7-17/h5-10,15H,4,11-14H2,1-3H3. The highest BCUT2D eigenvalue weighted by Crippen LogP contribution is 2.45. The van der Waals surface area contributed by atoms with Crippen molar-refractivity contribution in [3.8, 4) is 11.5 Å². The number of amides is 1. The third-order valence-electron chi connectivity index (χ3n) is 5.54. The van der Waals surface area contributed by atoms with Gasteiger partial charge in [-0.2, -0.15) is 0 Å². The molecular weight excluding hydrogens is 345 g/mol. The Bertz CT molecular complexity index is 800. The highest BCUT2D eigenvalue weighted by molar-refractivity contribution is 5.89. The van der Waals surface area contributed by atoms with E-state index in [0.717, 1.165) is 36.8 Å². The number of nitrogens with zero attached hydrogens (tertiary/aromatic N) is 1. The maximum atomic E-state index is 13.3. The lowest BCUT2D eigenvalue weighted by molar-refractivity contribution is -0.139. The van der Waals surface area contributed by atoms with E-state index in [1.807, 2.05) is 25.2 Å². The SMILES string of the molecule is COc1ccc(CCN(C)C(=O)C2(c3ccc(F)cc3)CCC2)cc1OC. The van der Waals surface area contributed by atoms with Gasteiger partial charge in [-0.15, -0.1) is 0 Å². The van der Waals surface area contributed by atoms with Gasteiger partial charge in [0.2, 0.25) is 5.91 Å². The molecule has 1 fully saturated rings. The van der Waals surface area contributed by atoms with Crippen molar-refractivity contribution < 1.29 is 18.7 Å². The number of carbonyl (C=O) groups is 1. The predicted molar refractivity (Wildman–Crippen MR) is 103 cm³/mol. The summed E-state index contributed by atoms with van der Waals surface area (Å²) in [4.78, 5) is 15.0. The van der Waals surface area contributed by atoms with E-state index < -0.39 is 5.41 Å². The van der Waals surface area contributed by atoms with Crippen molar-refractivity contribution in [2.24, 2.45) is 0 Å². The molecule has 0 aromatic heterocycles. The second kappa shape index (κ2) is 7.99. The molecule has 0 radical (unpaired) electrons. The summed E-state index contributed by atoms with van der Waals surface area (Å²) in [5, 5.41) is 0. The van der Waals surface area contributed by atoms with E-state index in [9.17, 15) is 9.18 Å². The van der Waals surface area contributed by atoms with Gasteiger partial charge in [-0.1, -0.05) is 24.6 Å². The Balaban J connectivity index is 1.69. The highest BCUT2D eigenvalue weighted by Gasteiger charge is 2.46. The summed E-state index contributed by atoms with van der Waals surface area (Å²) >= 11 is 0. The second-order valence-electron chi connectivity index (χ2n) is 7.11. The van der Waals surface area contributed by atoms with Gasteiger partial charge in [-0.05, 0) is 54.7 Å². The molecular formula is C22H26FNO3.